The van der Waals surface area contributed by atoms with Crippen LogP contribution in [0.1, 0.15) is 63.9 Å². The molecule has 3 N–H and O–H groups in total. The molecule has 0 saturated carbocycles. The number of carboxylic acid groups (broad SMARTS) is 1. The third-order valence-electron chi connectivity index (χ3n) is 3.85. The maximum atomic E-state index is 11.5. The third-order valence-corrected chi connectivity index (χ3v) is 3.85. The first-order chi connectivity index (χ1) is 9.61. The SMILES string of the molecule is CCCCCCCCCC(N)(C(=O)O)c1ccccc1. The van der Waals surface area contributed by atoms with Crippen molar-refractivity contribution in [3.63, 3.8) is 0 Å². The molecule has 0 amide bonds. The number of carbonyl (C=O) groups is 1. The molecule has 0 aliphatic heterocycles. The molecule has 20 heavy (non-hydrogen) atoms. The molecule has 0 aliphatic carbocycles. The van der Waals surface area contributed by atoms with E-state index < -0.39 is 11.5 Å². The van der Waals surface area contributed by atoms with Gasteiger partial charge < -0.3 is 10.8 Å². The highest BCUT2D eigenvalue weighted by Crippen LogP contribution is 2.25. The van der Waals surface area contributed by atoms with Crippen molar-refractivity contribution in [1.29, 1.82) is 0 Å². The zero-order chi connectivity index (χ0) is 14.8. The summed E-state index contributed by atoms with van der Waals surface area (Å²) in [6, 6.07) is 9.15. The Bertz CT molecular complexity index is 391. The second kappa shape index (κ2) is 8.75. The van der Waals surface area contributed by atoms with Crippen LogP contribution < -0.4 is 5.73 Å². The number of aliphatic carboxylic acids is 1. The minimum Gasteiger partial charge on any atom is -0.480 e. The molecule has 0 saturated heterocycles. The van der Waals surface area contributed by atoms with Crippen LogP contribution in [0.5, 0.6) is 0 Å². The lowest BCUT2D eigenvalue weighted by molar-refractivity contribution is -0.144. The highest BCUT2D eigenvalue weighted by molar-refractivity contribution is 5.80. The smallest absolute Gasteiger partial charge is 0.328 e. The summed E-state index contributed by atoms with van der Waals surface area (Å²) in [4.78, 5) is 11.5. The van der Waals surface area contributed by atoms with Crippen molar-refractivity contribution in [1.82, 2.24) is 0 Å². The van der Waals surface area contributed by atoms with Gasteiger partial charge in [0.15, 0.2) is 0 Å². The van der Waals surface area contributed by atoms with Gasteiger partial charge in [-0.1, -0.05) is 82.2 Å². The van der Waals surface area contributed by atoms with Gasteiger partial charge in [0.25, 0.3) is 0 Å². The molecule has 3 nitrogen and oxygen atoms in total. The highest BCUT2D eigenvalue weighted by atomic mass is 16.4. The van der Waals surface area contributed by atoms with Gasteiger partial charge in [-0.3, -0.25) is 0 Å². The van der Waals surface area contributed by atoms with Gasteiger partial charge in [0.2, 0.25) is 0 Å². The summed E-state index contributed by atoms with van der Waals surface area (Å²) < 4.78 is 0. The predicted molar refractivity (Wildman–Crippen MR) is 82.6 cm³/mol. The fourth-order valence-corrected chi connectivity index (χ4v) is 2.47. The Morgan fingerprint density at radius 1 is 1.05 bits per heavy atom. The van der Waals surface area contributed by atoms with Gasteiger partial charge in [-0.15, -0.1) is 0 Å². The van der Waals surface area contributed by atoms with Crippen LogP contribution in [-0.2, 0) is 10.3 Å². The van der Waals surface area contributed by atoms with E-state index in [0.717, 1.165) is 12.8 Å². The molecule has 1 rings (SSSR count). The lowest BCUT2D eigenvalue weighted by Crippen LogP contribution is -2.44. The van der Waals surface area contributed by atoms with Crippen molar-refractivity contribution in [2.45, 2.75) is 63.8 Å². The number of benzene rings is 1. The van der Waals surface area contributed by atoms with Crippen molar-refractivity contribution in [3.8, 4) is 0 Å². The Morgan fingerprint density at radius 2 is 1.60 bits per heavy atom. The van der Waals surface area contributed by atoms with Crippen LogP contribution in [0.2, 0.25) is 0 Å². The molecule has 0 fully saturated rings. The summed E-state index contributed by atoms with van der Waals surface area (Å²) in [7, 11) is 0. The van der Waals surface area contributed by atoms with E-state index in [0.29, 0.717) is 12.0 Å². The second-order valence-corrected chi connectivity index (χ2v) is 5.51. The van der Waals surface area contributed by atoms with Crippen LogP contribution in [0.25, 0.3) is 0 Å². The van der Waals surface area contributed by atoms with Crippen LogP contribution >= 0.6 is 0 Å². The number of hydrogen-bond donors (Lipinski definition) is 2. The minimum atomic E-state index is -1.25. The van der Waals surface area contributed by atoms with Gasteiger partial charge in [-0.25, -0.2) is 4.79 Å². The Balaban J connectivity index is 2.43. The van der Waals surface area contributed by atoms with Crippen LogP contribution in [0.3, 0.4) is 0 Å². The molecule has 1 aromatic rings. The number of carboxylic acids is 1. The summed E-state index contributed by atoms with van der Waals surface area (Å²) in [6.45, 7) is 2.20. The molecule has 1 unspecified atom stereocenters. The summed E-state index contributed by atoms with van der Waals surface area (Å²) >= 11 is 0. The molecular formula is C17H27NO2. The fraction of sp³-hybridized carbons (Fsp3) is 0.588. The van der Waals surface area contributed by atoms with Crippen LogP contribution in [0.4, 0.5) is 0 Å². The van der Waals surface area contributed by atoms with Crippen molar-refractivity contribution < 1.29 is 9.90 Å². The summed E-state index contributed by atoms with van der Waals surface area (Å²) in [6.07, 6.45) is 8.65. The summed E-state index contributed by atoms with van der Waals surface area (Å²) in [5.74, 6) is -0.935. The monoisotopic (exact) mass is 277 g/mol. The van der Waals surface area contributed by atoms with Gasteiger partial charge in [0, 0.05) is 0 Å². The van der Waals surface area contributed by atoms with E-state index in [1.54, 1.807) is 12.1 Å². The Labute approximate surface area is 122 Å². The zero-order valence-corrected chi connectivity index (χ0v) is 12.5. The first-order valence-corrected chi connectivity index (χ1v) is 7.69. The molecule has 0 aliphatic rings. The minimum absolute atomic E-state index is 0.500. The molecule has 0 heterocycles. The van der Waals surface area contributed by atoms with Gasteiger partial charge in [0.05, 0.1) is 0 Å². The first-order valence-electron chi connectivity index (χ1n) is 7.69. The zero-order valence-electron chi connectivity index (χ0n) is 12.5. The average molecular weight is 277 g/mol. The largest absolute Gasteiger partial charge is 0.480 e. The van der Waals surface area contributed by atoms with E-state index in [1.165, 1.54) is 32.1 Å². The molecule has 0 spiro atoms. The number of nitrogens with two attached hydrogens (primary N) is 1. The molecule has 1 aromatic carbocycles. The van der Waals surface area contributed by atoms with Crippen LogP contribution in [-0.4, -0.2) is 11.1 Å². The van der Waals surface area contributed by atoms with Gasteiger partial charge in [0.1, 0.15) is 5.54 Å². The van der Waals surface area contributed by atoms with Crippen LogP contribution in [0, 0.1) is 0 Å². The quantitative estimate of drug-likeness (QED) is 0.634. The van der Waals surface area contributed by atoms with Crippen molar-refractivity contribution in [2.24, 2.45) is 5.73 Å². The number of hydrogen-bond acceptors (Lipinski definition) is 2. The topological polar surface area (TPSA) is 63.3 Å². The molecule has 0 bridgehead atoms. The molecule has 112 valence electrons. The number of rotatable bonds is 10. The fourth-order valence-electron chi connectivity index (χ4n) is 2.47. The molecule has 1 atom stereocenters. The Kier molecular flexibility index (Phi) is 7.31. The third kappa shape index (κ3) is 4.97. The van der Waals surface area contributed by atoms with Crippen LogP contribution in [0.15, 0.2) is 30.3 Å². The summed E-state index contributed by atoms with van der Waals surface area (Å²) in [5.41, 5.74) is 5.57. The maximum absolute atomic E-state index is 11.5. The van der Waals surface area contributed by atoms with Crippen molar-refractivity contribution >= 4 is 5.97 Å². The van der Waals surface area contributed by atoms with E-state index in [2.05, 4.69) is 6.92 Å². The highest BCUT2D eigenvalue weighted by Gasteiger charge is 2.35. The van der Waals surface area contributed by atoms with E-state index in [-0.39, 0.29) is 0 Å². The lowest BCUT2D eigenvalue weighted by Gasteiger charge is -2.25. The summed E-state index contributed by atoms with van der Waals surface area (Å²) in [5, 5.41) is 9.43. The Hall–Kier alpha value is -1.35. The van der Waals surface area contributed by atoms with E-state index in [4.69, 9.17) is 5.73 Å². The Morgan fingerprint density at radius 3 is 2.15 bits per heavy atom. The number of unbranched alkanes of at least 4 members (excludes halogenated alkanes) is 6. The normalized spacial score (nSPS) is 13.9. The predicted octanol–water partition coefficient (Wildman–Crippen LogP) is 4.07. The molecular weight excluding hydrogens is 250 g/mol. The van der Waals surface area contributed by atoms with Crippen molar-refractivity contribution in [3.05, 3.63) is 35.9 Å². The molecule has 0 aromatic heterocycles. The average Bonchev–Trinajstić information content (AvgIpc) is 2.46. The van der Waals surface area contributed by atoms with E-state index in [1.807, 2.05) is 18.2 Å². The first kappa shape index (κ1) is 16.7. The molecule has 0 radical (unpaired) electrons. The van der Waals surface area contributed by atoms with Gasteiger partial charge in [-0.05, 0) is 12.0 Å². The van der Waals surface area contributed by atoms with E-state index >= 15 is 0 Å². The van der Waals surface area contributed by atoms with Gasteiger partial charge in [-0.2, -0.15) is 0 Å². The standard InChI is InChI=1S/C17H27NO2/c1-2-3-4-5-6-7-11-14-17(18,16(19)20)15-12-9-8-10-13-15/h8-10,12-13H,2-7,11,14,18H2,1H3,(H,19,20). The van der Waals surface area contributed by atoms with Gasteiger partial charge >= 0.3 is 5.97 Å². The van der Waals surface area contributed by atoms with E-state index in [9.17, 15) is 9.90 Å². The maximum Gasteiger partial charge on any atom is 0.328 e. The molecule has 3 heteroatoms. The second-order valence-electron chi connectivity index (χ2n) is 5.51. The lowest BCUT2D eigenvalue weighted by atomic mass is 9.85. The van der Waals surface area contributed by atoms with Crippen molar-refractivity contribution in [2.75, 3.05) is 0 Å².